The third-order valence-electron chi connectivity index (χ3n) is 5.34. The van der Waals surface area contributed by atoms with Gasteiger partial charge < -0.3 is 35.5 Å². The van der Waals surface area contributed by atoms with Gasteiger partial charge in [0, 0.05) is 24.0 Å². The molecular weight excluding hydrogens is 414 g/mol. The maximum atomic E-state index is 10.4. The van der Waals surface area contributed by atoms with E-state index in [1.165, 1.54) is 7.11 Å². The molecule has 0 radical (unpaired) electrons. The number of aliphatic hydroxyl groups is 3. The first-order valence-corrected chi connectivity index (χ1v) is 9.72. The molecule has 11 heteroatoms. The molecule has 10 nitrogen and oxygen atoms in total. The number of rotatable bonds is 5. The zero-order valence-corrected chi connectivity index (χ0v) is 17.1. The molecule has 30 heavy (non-hydrogen) atoms. The van der Waals surface area contributed by atoms with Gasteiger partial charge >= 0.3 is 0 Å². The number of nitrogen functional groups attached to an aromatic ring is 1. The minimum absolute atomic E-state index is 0.0615. The number of halogens is 1. The Morgan fingerprint density at radius 2 is 2.03 bits per heavy atom. The van der Waals surface area contributed by atoms with Crippen LogP contribution in [-0.2, 0) is 0 Å². The lowest BCUT2D eigenvalue weighted by atomic mass is 10.1. The van der Waals surface area contributed by atoms with Crippen molar-refractivity contribution in [2.75, 3.05) is 24.8 Å². The summed E-state index contributed by atoms with van der Waals surface area (Å²) in [6, 6.07) is 2.92. The third kappa shape index (κ3) is 3.52. The van der Waals surface area contributed by atoms with Crippen molar-refractivity contribution in [3.8, 4) is 17.2 Å². The van der Waals surface area contributed by atoms with Crippen molar-refractivity contribution < 1.29 is 24.5 Å². The van der Waals surface area contributed by atoms with Gasteiger partial charge in [0.15, 0.2) is 5.58 Å². The van der Waals surface area contributed by atoms with Crippen LogP contribution in [0.4, 0.5) is 11.8 Å². The Labute approximate surface area is 176 Å². The van der Waals surface area contributed by atoms with Gasteiger partial charge in [-0.1, -0.05) is 11.6 Å². The van der Waals surface area contributed by atoms with E-state index in [4.69, 9.17) is 26.5 Å². The molecule has 3 aromatic rings. The number of hydrogen-bond donors (Lipinski definition) is 5. The second kappa shape index (κ2) is 7.88. The number of ether oxygens (including phenoxy) is 1. The average Bonchev–Trinajstić information content (AvgIpc) is 3.24. The van der Waals surface area contributed by atoms with Crippen molar-refractivity contribution in [2.24, 2.45) is 5.92 Å². The number of nitrogens with zero attached hydrogens (tertiary/aromatic N) is 3. The molecule has 3 heterocycles. The van der Waals surface area contributed by atoms with Crippen LogP contribution in [0, 0.1) is 12.8 Å². The topological polar surface area (TPSA) is 160 Å². The Balaban J connectivity index is 1.78. The predicted octanol–water partition coefficient (Wildman–Crippen LogP) is 1.35. The Bertz CT molecular complexity index is 1090. The summed E-state index contributed by atoms with van der Waals surface area (Å²) in [5.74, 6) is 0.557. The molecule has 0 amide bonds. The van der Waals surface area contributed by atoms with Crippen LogP contribution in [0.2, 0.25) is 5.15 Å². The van der Waals surface area contributed by atoms with Crippen molar-refractivity contribution in [1.82, 2.24) is 15.0 Å². The first kappa shape index (κ1) is 20.6. The monoisotopic (exact) mass is 435 g/mol. The van der Waals surface area contributed by atoms with E-state index in [9.17, 15) is 15.3 Å². The highest BCUT2D eigenvalue weighted by Gasteiger charge is 2.41. The summed E-state index contributed by atoms with van der Waals surface area (Å²) in [6.45, 7) is 1.55. The van der Waals surface area contributed by atoms with E-state index >= 15 is 0 Å². The Morgan fingerprint density at radius 1 is 1.27 bits per heavy atom. The molecule has 0 aromatic carbocycles. The van der Waals surface area contributed by atoms with Crippen molar-refractivity contribution in [3.05, 3.63) is 23.0 Å². The molecule has 1 saturated carbocycles. The molecular formula is C19H22ClN5O5. The minimum Gasteiger partial charge on any atom is -0.481 e. The van der Waals surface area contributed by atoms with E-state index < -0.39 is 24.2 Å². The number of fused-ring (bicyclic) bond motifs is 1. The Kier molecular flexibility index (Phi) is 5.41. The number of methoxy groups -OCH3 is 1. The molecule has 6 N–H and O–H groups in total. The van der Waals surface area contributed by atoms with E-state index in [0.717, 1.165) is 5.39 Å². The largest absolute Gasteiger partial charge is 0.481 e. The molecule has 4 atom stereocenters. The molecule has 0 aliphatic heterocycles. The molecule has 160 valence electrons. The summed E-state index contributed by atoms with van der Waals surface area (Å²) in [5.41, 5.74) is 7.33. The Hall–Kier alpha value is -2.66. The number of anilines is 2. The molecule has 0 spiro atoms. The number of nitrogens with two attached hydrogens (primary N) is 1. The number of aliphatic hydroxyl groups excluding tert-OH is 3. The summed E-state index contributed by atoms with van der Waals surface area (Å²) >= 11 is 6.38. The van der Waals surface area contributed by atoms with Crippen LogP contribution in [0.1, 0.15) is 12.1 Å². The number of pyridine rings is 1. The van der Waals surface area contributed by atoms with E-state index in [0.29, 0.717) is 34.9 Å². The highest BCUT2D eigenvalue weighted by Crippen LogP contribution is 2.39. The molecule has 1 aliphatic carbocycles. The van der Waals surface area contributed by atoms with Gasteiger partial charge in [0.25, 0.3) is 0 Å². The normalized spacial score (nSPS) is 23.8. The van der Waals surface area contributed by atoms with Crippen LogP contribution >= 0.6 is 11.6 Å². The van der Waals surface area contributed by atoms with Crippen LogP contribution < -0.4 is 15.8 Å². The molecule has 1 fully saturated rings. The van der Waals surface area contributed by atoms with Gasteiger partial charge in [0.2, 0.25) is 11.8 Å². The lowest BCUT2D eigenvalue weighted by Crippen LogP contribution is -2.35. The van der Waals surface area contributed by atoms with Crippen LogP contribution in [0.3, 0.4) is 0 Å². The van der Waals surface area contributed by atoms with Crippen LogP contribution in [0.5, 0.6) is 5.88 Å². The molecule has 0 unspecified atom stereocenters. The van der Waals surface area contributed by atoms with Crippen LogP contribution in [0.15, 0.2) is 16.5 Å². The zero-order chi connectivity index (χ0) is 21.6. The summed E-state index contributed by atoms with van der Waals surface area (Å²) in [5, 5.41) is 33.8. The minimum atomic E-state index is -1.10. The smallest absolute Gasteiger partial charge is 0.223 e. The number of aryl methyl sites for hydroxylation is 1. The highest BCUT2D eigenvalue weighted by molar-refractivity contribution is 6.32. The predicted molar refractivity (Wildman–Crippen MR) is 110 cm³/mol. The second-order valence-corrected chi connectivity index (χ2v) is 7.64. The fraction of sp³-hybridized carbons (Fsp3) is 0.421. The van der Waals surface area contributed by atoms with E-state index in [1.807, 2.05) is 0 Å². The molecule has 1 aliphatic rings. The fourth-order valence-corrected chi connectivity index (χ4v) is 4.07. The van der Waals surface area contributed by atoms with Crippen molar-refractivity contribution in [1.29, 1.82) is 0 Å². The molecule has 4 rings (SSSR count). The van der Waals surface area contributed by atoms with Crippen molar-refractivity contribution >= 4 is 34.3 Å². The molecule has 0 bridgehead atoms. The quantitative estimate of drug-likeness (QED) is 0.370. The summed E-state index contributed by atoms with van der Waals surface area (Å²) in [6.07, 6.45) is -1.82. The van der Waals surface area contributed by atoms with Gasteiger partial charge in [0.05, 0.1) is 30.5 Å². The maximum absolute atomic E-state index is 10.4. The Morgan fingerprint density at radius 3 is 2.70 bits per heavy atom. The number of aromatic nitrogens is 3. The van der Waals surface area contributed by atoms with Crippen LogP contribution in [-0.4, -0.2) is 62.2 Å². The fourth-order valence-electron chi connectivity index (χ4n) is 3.80. The van der Waals surface area contributed by atoms with Crippen molar-refractivity contribution in [3.63, 3.8) is 0 Å². The molecule has 3 aromatic heterocycles. The van der Waals surface area contributed by atoms with Gasteiger partial charge in [-0.3, -0.25) is 0 Å². The van der Waals surface area contributed by atoms with E-state index in [1.54, 1.807) is 19.1 Å². The second-order valence-electron chi connectivity index (χ2n) is 7.29. The number of furan rings is 1. The van der Waals surface area contributed by atoms with E-state index in [2.05, 4.69) is 20.3 Å². The average molecular weight is 436 g/mol. The highest BCUT2D eigenvalue weighted by atomic mass is 35.5. The van der Waals surface area contributed by atoms with Gasteiger partial charge in [-0.2, -0.15) is 4.98 Å². The van der Waals surface area contributed by atoms with Gasteiger partial charge in [-0.05, 0) is 19.4 Å². The lowest BCUT2D eigenvalue weighted by Gasteiger charge is -2.20. The third-order valence-corrected chi connectivity index (χ3v) is 5.62. The van der Waals surface area contributed by atoms with Gasteiger partial charge in [-0.25, -0.2) is 9.97 Å². The standard InChI is InChI=1S/C19H22ClN5O5/c1-7-16-8(5-12(22-7)29-2)4-11(30-16)13-17(20)24-19(21)25-18(13)23-10-3-9(6-26)14(27)15(10)28/h4-5,9-10,14-15,26-28H,3,6H2,1-2H3,(H3,21,23,24,25)/t9-,10-,14-,15+/m1/s1. The first-order valence-electron chi connectivity index (χ1n) is 9.34. The number of hydrogen-bond acceptors (Lipinski definition) is 10. The SMILES string of the molecule is COc1cc2cc(-c3c(Cl)nc(N)nc3N[C@@H]3C[C@H](CO)[C@@H](O)[C@H]3O)oc2c(C)n1. The first-order chi connectivity index (χ1) is 14.3. The summed E-state index contributed by atoms with van der Waals surface area (Å²) in [4.78, 5) is 12.5. The summed E-state index contributed by atoms with van der Waals surface area (Å²) in [7, 11) is 1.53. The van der Waals surface area contributed by atoms with Crippen molar-refractivity contribution in [2.45, 2.75) is 31.6 Å². The summed E-state index contributed by atoms with van der Waals surface area (Å²) < 4.78 is 11.2. The van der Waals surface area contributed by atoms with E-state index in [-0.39, 0.29) is 23.5 Å². The maximum Gasteiger partial charge on any atom is 0.223 e. The van der Waals surface area contributed by atoms with Crippen LogP contribution in [0.25, 0.3) is 22.3 Å². The lowest BCUT2D eigenvalue weighted by molar-refractivity contribution is 0.00446. The zero-order valence-electron chi connectivity index (χ0n) is 16.3. The van der Waals surface area contributed by atoms with Gasteiger partial charge in [0.1, 0.15) is 22.8 Å². The van der Waals surface area contributed by atoms with Gasteiger partial charge in [-0.15, -0.1) is 0 Å². The number of nitrogens with one attached hydrogen (secondary N) is 1. The molecule has 0 saturated heterocycles.